The van der Waals surface area contributed by atoms with Crippen molar-refractivity contribution < 1.29 is 19.3 Å². The maximum absolute atomic E-state index is 11.7. The van der Waals surface area contributed by atoms with E-state index in [1.165, 1.54) is 12.1 Å². The van der Waals surface area contributed by atoms with Crippen molar-refractivity contribution in [3.63, 3.8) is 0 Å². The minimum Gasteiger partial charge on any atom is -0.497 e. The first-order valence-corrected chi connectivity index (χ1v) is 9.05. The zero-order valence-electron chi connectivity index (χ0n) is 15.2. The smallest absolute Gasteiger partial charge is 0.275 e. The largest absolute Gasteiger partial charge is 0.497 e. The number of non-ortho nitro benzene ring substituents is 1. The van der Waals surface area contributed by atoms with Crippen LogP contribution in [0, 0.1) is 10.1 Å². The van der Waals surface area contributed by atoms with Crippen molar-refractivity contribution in [2.75, 3.05) is 25.1 Å². The van der Waals surface area contributed by atoms with Crippen LogP contribution >= 0.6 is 0 Å². The summed E-state index contributed by atoms with van der Waals surface area (Å²) in [6.45, 7) is 1.26. The summed E-state index contributed by atoms with van der Waals surface area (Å²) in [6.07, 6.45) is 3.00. The van der Waals surface area contributed by atoms with E-state index in [1.54, 1.807) is 19.2 Å². The molecule has 2 aromatic carbocycles. The Kier molecular flexibility index (Phi) is 4.31. The Morgan fingerprint density at radius 3 is 2.70 bits per heavy atom. The zero-order valence-corrected chi connectivity index (χ0v) is 15.2. The Balaban J connectivity index is 1.82. The molecule has 0 amide bonds. The van der Waals surface area contributed by atoms with Gasteiger partial charge >= 0.3 is 0 Å². The molecule has 0 saturated heterocycles. The summed E-state index contributed by atoms with van der Waals surface area (Å²) in [5.41, 5.74) is -0.0237. The molecule has 0 saturated carbocycles. The van der Waals surface area contributed by atoms with Crippen molar-refractivity contribution in [2.24, 2.45) is 0 Å². The van der Waals surface area contributed by atoms with Crippen molar-refractivity contribution in [1.29, 1.82) is 0 Å². The van der Waals surface area contributed by atoms with Gasteiger partial charge in [0, 0.05) is 24.1 Å². The topological polar surface area (TPSA) is 78.8 Å². The average molecular weight is 368 g/mol. The van der Waals surface area contributed by atoms with Crippen LogP contribution in [0.2, 0.25) is 0 Å². The van der Waals surface area contributed by atoms with E-state index in [4.69, 9.17) is 4.74 Å². The van der Waals surface area contributed by atoms with Crippen molar-refractivity contribution in [3.05, 3.63) is 64.2 Å². The fraction of sp³-hybridized carbons (Fsp3) is 0.350. The molecular weight excluding hydrogens is 346 g/mol. The lowest BCUT2D eigenvalue weighted by molar-refractivity contribution is -0.538. The molecule has 0 unspecified atom stereocenters. The lowest BCUT2D eigenvalue weighted by Crippen LogP contribution is -2.47. The Morgan fingerprint density at radius 2 is 2.00 bits per heavy atom. The third-order valence-electron chi connectivity index (χ3n) is 5.33. The number of aliphatic hydroxyl groups is 1. The third kappa shape index (κ3) is 2.94. The number of rotatable bonds is 4. The Morgan fingerprint density at radius 1 is 1.22 bits per heavy atom. The van der Waals surface area contributed by atoms with E-state index >= 15 is 0 Å². The van der Waals surface area contributed by atoms with Crippen molar-refractivity contribution in [1.82, 2.24) is 0 Å². The van der Waals surface area contributed by atoms with E-state index < -0.39 is 10.6 Å². The predicted octanol–water partition coefficient (Wildman–Crippen LogP) is 2.86. The van der Waals surface area contributed by atoms with E-state index in [9.17, 15) is 15.2 Å². The molecule has 2 aliphatic heterocycles. The van der Waals surface area contributed by atoms with Crippen LogP contribution in [0.15, 0.2) is 48.5 Å². The van der Waals surface area contributed by atoms with E-state index in [0.29, 0.717) is 12.1 Å². The quantitative estimate of drug-likeness (QED) is 0.510. The number of hydrogen-bond donors (Lipinski definition) is 1. The SMILES string of the molecule is COc1ccc(N2C3=[N+](CCCC3)C[C@@]2(O)c2cccc([N+](=O)[O-])c2)cc1. The summed E-state index contributed by atoms with van der Waals surface area (Å²) < 4.78 is 7.43. The highest BCUT2D eigenvalue weighted by atomic mass is 16.6. The van der Waals surface area contributed by atoms with Gasteiger partial charge in [-0.15, -0.1) is 0 Å². The zero-order chi connectivity index (χ0) is 19.0. The first-order valence-electron chi connectivity index (χ1n) is 9.05. The van der Waals surface area contributed by atoms with Gasteiger partial charge in [-0.1, -0.05) is 12.1 Å². The summed E-state index contributed by atoms with van der Waals surface area (Å²) in [5, 5.41) is 23.0. The summed E-state index contributed by atoms with van der Waals surface area (Å²) in [7, 11) is 1.61. The van der Waals surface area contributed by atoms with Gasteiger partial charge in [0.1, 0.15) is 11.4 Å². The molecule has 2 heterocycles. The maximum atomic E-state index is 11.7. The number of hydrogen-bond acceptors (Lipinski definition) is 5. The normalized spacial score (nSPS) is 21.9. The van der Waals surface area contributed by atoms with Crippen LogP contribution in [0.25, 0.3) is 0 Å². The Labute approximate surface area is 157 Å². The summed E-state index contributed by atoms with van der Waals surface area (Å²) >= 11 is 0. The van der Waals surface area contributed by atoms with E-state index in [0.717, 1.165) is 43.1 Å². The molecule has 0 bridgehead atoms. The van der Waals surface area contributed by atoms with Gasteiger partial charge in [-0.05, 0) is 37.1 Å². The van der Waals surface area contributed by atoms with Gasteiger partial charge in [0.05, 0.1) is 18.6 Å². The molecule has 0 aliphatic carbocycles. The number of benzene rings is 2. The van der Waals surface area contributed by atoms with E-state index in [2.05, 4.69) is 4.58 Å². The van der Waals surface area contributed by atoms with Crippen LogP contribution in [0.3, 0.4) is 0 Å². The minimum absolute atomic E-state index is 0.0227. The van der Waals surface area contributed by atoms with Crippen LogP contribution < -0.4 is 9.64 Å². The monoisotopic (exact) mass is 368 g/mol. The number of amidine groups is 1. The second-order valence-corrected chi connectivity index (χ2v) is 6.95. The molecule has 4 rings (SSSR count). The molecular formula is C20H22N3O4+. The molecule has 27 heavy (non-hydrogen) atoms. The van der Waals surface area contributed by atoms with Gasteiger partial charge < -0.3 is 9.84 Å². The highest BCUT2D eigenvalue weighted by Gasteiger charge is 2.54. The van der Waals surface area contributed by atoms with Gasteiger partial charge in [0.25, 0.3) is 17.2 Å². The van der Waals surface area contributed by atoms with Crippen LogP contribution in [0.1, 0.15) is 24.8 Å². The van der Waals surface area contributed by atoms with Crippen molar-refractivity contribution in [3.8, 4) is 5.75 Å². The minimum atomic E-state index is -1.36. The standard InChI is InChI=1S/C20H22N3O4/c1-27-18-10-8-16(9-11-18)22-19-7-2-3-12-21(19)14-20(22,24)15-5-4-6-17(13-15)23(25)26/h4-6,8-11,13,24H,2-3,7,12,14H2,1H3/q+1/t20-/m1/s1. The Hall–Kier alpha value is -2.93. The van der Waals surface area contributed by atoms with Crippen molar-refractivity contribution >= 4 is 17.2 Å². The number of nitro benzene ring substituents is 1. The van der Waals surface area contributed by atoms with Crippen LogP contribution in [0.4, 0.5) is 11.4 Å². The molecule has 0 spiro atoms. The Bertz CT molecular complexity index is 910. The third-order valence-corrected chi connectivity index (χ3v) is 5.33. The van der Waals surface area contributed by atoms with Gasteiger partial charge in [0.15, 0.2) is 6.54 Å². The highest BCUT2D eigenvalue weighted by molar-refractivity contribution is 5.97. The average Bonchev–Trinajstić information content (AvgIpc) is 3.01. The van der Waals surface area contributed by atoms with Crippen LogP contribution in [-0.4, -0.2) is 40.6 Å². The number of methoxy groups -OCH3 is 1. The summed E-state index contributed by atoms with van der Waals surface area (Å²) in [5.74, 6) is 1.79. The van der Waals surface area contributed by atoms with Crippen molar-refractivity contribution in [2.45, 2.75) is 25.0 Å². The summed E-state index contributed by atoms with van der Waals surface area (Å²) in [6, 6.07) is 13.8. The first-order chi connectivity index (χ1) is 13.0. The fourth-order valence-corrected chi connectivity index (χ4v) is 4.03. The molecule has 1 N–H and O–H groups in total. The van der Waals surface area contributed by atoms with E-state index in [1.807, 2.05) is 29.2 Å². The summed E-state index contributed by atoms with van der Waals surface area (Å²) in [4.78, 5) is 12.7. The van der Waals surface area contributed by atoms with Gasteiger partial charge in [-0.25, -0.2) is 0 Å². The second kappa shape index (κ2) is 6.66. The second-order valence-electron chi connectivity index (χ2n) is 6.95. The van der Waals surface area contributed by atoms with Gasteiger partial charge in [-0.2, -0.15) is 4.90 Å². The van der Waals surface area contributed by atoms with E-state index in [-0.39, 0.29) is 5.69 Å². The molecule has 2 aromatic rings. The predicted molar refractivity (Wildman–Crippen MR) is 101 cm³/mol. The number of anilines is 1. The number of nitrogens with zero attached hydrogens (tertiary/aromatic N) is 3. The molecule has 0 fully saturated rings. The lowest BCUT2D eigenvalue weighted by Gasteiger charge is -2.28. The van der Waals surface area contributed by atoms with Gasteiger partial charge in [0.2, 0.25) is 0 Å². The molecule has 140 valence electrons. The lowest BCUT2D eigenvalue weighted by atomic mass is 10.00. The molecule has 2 aliphatic rings. The molecule has 7 heteroatoms. The molecule has 7 nitrogen and oxygen atoms in total. The highest BCUT2D eigenvalue weighted by Crippen LogP contribution is 2.39. The first kappa shape index (κ1) is 17.5. The number of ether oxygens (including phenoxy) is 1. The van der Waals surface area contributed by atoms with Crippen LogP contribution in [0.5, 0.6) is 5.75 Å². The van der Waals surface area contributed by atoms with Crippen LogP contribution in [-0.2, 0) is 5.72 Å². The molecule has 0 radical (unpaired) electrons. The number of nitro groups is 1. The maximum Gasteiger partial charge on any atom is 0.275 e. The molecule has 1 atom stereocenters. The van der Waals surface area contributed by atoms with Gasteiger partial charge in [-0.3, -0.25) is 14.7 Å². The fourth-order valence-electron chi connectivity index (χ4n) is 4.03. The molecule has 0 aromatic heterocycles.